The zero-order valence-electron chi connectivity index (χ0n) is 21.5. The average molecular weight is 548 g/mol. The monoisotopic (exact) mass is 547 g/mol. The standard InChI is InChI=1S/C28H30ClN7O3/c1-3-24(37)31-14-6-9-25(38)36-16-19(17-36)18-10-12-20(13-11-18)33-28-32-15-22(29)26(35-28)34-23-8-5-4-7-21(23)27(39)30-2/h3-5,7-8,10-13,15,19H,1,6,9,14,16-17H2,2H3,(H,30,39)(H,31,37)(H2,32,33,34,35). The van der Waals surface area contributed by atoms with Crippen molar-refractivity contribution < 1.29 is 14.4 Å². The van der Waals surface area contributed by atoms with E-state index in [0.717, 1.165) is 11.3 Å². The highest BCUT2D eigenvalue weighted by Crippen LogP contribution is 2.30. The lowest BCUT2D eigenvalue weighted by molar-refractivity contribution is -0.135. The van der Waals surface area contributed by atoms with Crippen molar-refractivity contribution in [3.63, 3.8) is 0 Å². The van der Waals surface area contributed by atoms with Crippen molar-refractivity contribution in [2.24, 2.45) is 0 Å². The first-order valence-corrected chi connectivity index (χ1v) is 12.9. The van der Waals surface area contributed by atoms with Crippen LogP contribution in [0, 0.1) is 0 Å². The third-order valence-electron chi connectivity index (χ3n) is 6.32. The van der Waals surface area contributed by atoms with E-state index in [1.807, 2.05) is 35.2 Å². The molecule has 2 heterocycles. The fourth-order valence-electron chi connectivity index (χ4n) is 4.11. The number of nitrogens with zero attached hydrogens (tertiary/aromatic N) is 3. The van der Waals surface area contributed by atoms with Crippen molar-refractivity contribution in [1.82, 2.24) is 25.5 Å². The Morgan fingerprint density at radius 2 is 1.85 bits per heavy atom. The summed E-state index contributed by atoms with van der Waals surface area (Å²) in [6.45, 7) is 5.22. The molecule has 3 amide bonds. The van der Waals surface area contributed by atoms with Crippen molar-refractivity contribution >= 4 is 52.5 Å². The number of aromatic nitrogens is 2. The summed E-state index contributed by atoms with van der Waals surface area (Å²) in [5.41, 5.74) is 2.98. The topological polar surface area (TPSA) is 128 Å². The first-order valence-electron chi connectivity index (χ1n) is 12.5. The highest BCUT2D eigenvalue weighted by Gasteiger charge is 2.31. The molecule has 1 fully saturated rings. The predicted molar refractivity (Wildman–Crippen MR) is 152 cm³/mol. The van der Waals surface area contributed by atoms with E-state index in [0.29, 0.717) is 60.5 Å². The number of rotatable bonds is 11. The van der Waals surface area contributed by atoms with Gasteiger partial charge in [-0.15, -0.1) is 0 Å². The Bertz CT molecular complexity index is 1360. The van der Waals surface area contributed by atoms with Gasteiger partial charge in [-0.25, -0.2) is 4.98 Å². The van der Waals surface area contributed by atoms with Crippen molar-refractivity contribution in [2.75, 3.05) is 37.3 Å². The molecule has 0 spiro atoms. The van der Waals surface area contributed by atoms with Crippen LogP contribution in [0.1, 0.15) is 34.7 Å². The maximum atomic E-state index is 12.3. The zero-order valence-corrected chi connectivity index (χ0v) is 22.3. The Morgan fingerprint density at radius 1 is 1.10 bits per heavy atom. The smallest absolute Gasteiger partial charge is 0.253 e. The van der Waals surface area contributed by atoms with Crippen LogP contribution in [-0.2, 0) is 9.59 Å². The summed E-state index contributed by atoms with van der Waals surface area (Å²) in [6.07, 6.45) is 3.72. The molecule has 10 nitrogen and oxygen atoms in total. The predicted octanol–water partition coefficient (Wildman–Crippen LogP) is 3.99. The number of halogens is 1. The quantitative estimate of drug-likeness (QED) is 0.211. The van der Waals surface area contributed by atoms with E-state index in [1.54, 1.807) is 25.2 Å². The van der Waals surface area contributed by atoms with Crippen LogP contribution >= 0.6 is 11.6 Å². The van der Waals surface area contributed by atoms with Crippen LogP contribution < -0.4 is 21.3 Å². The van der Waals surface area contributed by atoms with Gasteiger partial charge >= 0.3 is 0 Å². The van der Waals surface area contributed by atoms with E-state index in [-0.39, 0.29) is 23.6 Å². The Balaban J connectivity index is 1.31. The highest BCUT2D eigenvalue weighted by molar-refractivity contribution is 6.33. The van der Waals surface area contributed by atoms with Crippen LogP contribution in [0.15, 0.2) is 67.4 Å². The largest absolute Gasteiger partial charge is 0.355 e. The van der Waals surface area contributed by atoms with Crippen LogP contribution in [-0.4, -0.2) is 59.3 Å². The van der Waals surface area contributed by atoms with Crippen molar-refractivity contribution in [3.05, 3.63) is 83.5 Å². The van der Waals surface area contributed by atoms with Gasteiger partial charge < -0.3 is 26.2 Å². The number of likely N-dealkylation sites (tertiary alicyclic amines) is 1. The number of para-hydroxylation sites is 1. The maximum absolute atomic E-state index is 12.3. The first kappa shape index (κ1) is 27.6. The van der Waals surface area contributed by atoms with Crippen molar-refractivity contribution in [1.29, 1.82) is 0 Å². The van der Waals surface area contributed by atoms with E-state index in [1.165, 1.54) is 12.3 Å². The summed E-state index contributed by atoms with van der Waals surface area (Å²) in [4.78, 5) is 46.3. The number of hydrogen-bond donors (Lipinski definition) is 4. The number of carbonyl (C=O) groups is 3. The van der Waals surface area contributed by atoms with E-state index < -0.39 is 0 Å². The molecule has 11 heteroatoms. The molecule has 202 valence electrons. The first-order chi connectivity index (χ1) is 18.9. The number of carbonyl (C=O) groups excluding carboxylic acids is 3. The Kier molecular flexibility index (Phi) is 9.11. The zero-order chi connectivity index (χ0) is 27.8. The normalized spacial score (nSPS) is 12.7. The molecule has 0 bridgehead atoms. The van der Waals surface area contributed by atoms with E-state index >= 15 is 0 Å². The van der Waals surface area contributed by atoms with E-state index in [2.05, 4.69) is 37.8 Å². The van der Waals surface area contributed by atoms with Gasteiger partial charge in [0, 0.05) is 44.7 Å². The van der Waals surface area contributed by atoms with E-state index in [9.17, 15) is 14.4 Å². The maximum Gasteiger partial charge on any atom is 0.253 e. The summed E-state index contributed by atoms with van der Waals surface area (Å²) >= 11 is 6.32. The molecule has 1 aromatic heterocycles. The van der Waals surface area contributed by atoms with Crippen LogP contribution in [0.4, 0.5) is 23.1 Å². The number of anilines is 4. The molecule has 4 rings (SSSR count). The Morgan fingerprint density at radius 3 is 2.56 bits per heavy atom. The van der Waals surface area contributed by atoms with Crippen LogP contribution in [0.2, 0.25) is 5.02 Å². The van der Waals surface area contributed by atoms with Crippen LogP contribution in [0.3, 0.4) is 0 Å². The van der Waals surface area contributed by atoms with Crippen LogP contribution in [0.25, 0.3) is 0 Å². The molecule has 3 aromatic rings. The molecule has 0 saturated carbocycles. The fraction of sp³-hybridized carbons (Fsp3) is 0.250. The number of hydrogen-bond acceptors (Lipinski definition) is 7. The second-order valence-electron chi connectivity index (χ2n) is 8.98. The molecule has 0 aliphatic carbocycles. The molecule has 0 radical (unpaired) electrons. The minimum absolute atomic E-state index is 0.0969. The van der Waals surface area contributed by atoms with Gasteiger partial charge in [0.05, 0.1) is 17.4 Å². The molecule has 1 aliphatic heterocycles. The second-order valence-corrected chi connectivity index (χ2v) is 9.39. The highest BCUT2D eigenvalue weighted by atomic mass is 35.5. The van der Waals surface area contributed by atoms with Crippen molar-refractivity contribution in [3.8, 4) is 0 Å². The Hall–Kier alpha value is -4.44. The number of nitrogens with one attached hydrogen (secondary N) is 4. The molecule has 1 saturated heterocycles. The second kappa shape index (κ2) is 12.9. The van der Waals surface area contributed by atoms with Gasteiger partial charge in [0.15, 0.2) is 5.82 Å². The lowest BCUT2D eigenvalue weighted by atomic mass is 9.91. The number of benzene rings is 2. The number of amides is 3. The van der Waals surface area contributed by atoms with Gasteiger partial charge in [-0.1, -0.05) is 42.4 Å². The molecule has 2 aromatic carbocycles. The van der Waals surface area contributed by atoms with Gasteiger partial charge in [-0.2, -0.15) is 4.98 Å². The molecule has 39 heavy (non-hydrogen) atoms. The van der Waals surface area contributed by atoms with Gasteiger partial charge in [0.1, 0.15) is 5.02 Å². The molecular weight excluding hydrogens is 518 g/mol. The van der Waals surface area contributed by atoms with Gasteiger partial charge in [-0.05, 0) is 42.3 Å². The lowest BCUT2D eigenvalue weighted by Gasteiger charge is -2.39. The van der Waals surface area contributed by atoms with Gasteiger partial charge in [0.2, 0.25) is 17.8 Å². The molecule has 0 atom stereocenters. The van der Waals surface area contributed by atoms with Crippen LogP contribution in [0.5, 0.6) is 0 Å². The molecular formula is C28H30ClN7O3. The molecule has 4 N–H and O–H groups in total. The minimum atomic E-state index is -0.229. The van der Waals surface area contributed by atoms with Gasteiger partial charge in [-0.3, -0.25) is 14.4 Å². The lowest BCUT2D eigenvalue weighted by Crippen LogP contribution is -2.48. The SMILES string of the molecule is C=CC(=O)NCCCC(=O)N1CC(c2ccc(Nc3ncc(Cl)c(Nc4ccccc4C(=O)NC)n3)cc2)C1. The fourth-order valence-corrected chi connectivity index (χ4v) is 4.25. The summed E-state index contributed by atoms with van der Waals surface area (Å²) in [5.74, 6) is 0.634. The van der Waals surface area contributed by atoms with Crippen molar-refractivity contribution in [2.45, 2.75) is 18.8 Å². The third-order valence-corrected chi connectivity index (χ3v) is 6.60. The van der Waals surface area contributed by atoms with E-state index in [4.69, 9.17) is 11.6 Å². The third kappa shape index (κ3) is 7.11. The summed E-state index contributed by atoms with van der Waals surface area (Å²) in [6, 6.07) is 15.0. The molecule has 1 aliphatic rings. The summed E-state index contributed by atoms with van der Waals surface area (Å²) in [7, 11) is 1.57. The minimum Gasteiger partial charge on any atom is -0.355 e. The average Bonchev–Trinajstić information content (AvgIpc) is 2.92. The van der Waals surface area contributed by atoms with Gasteiger partial charge in [0.25, 0.3) is 5.91 Å². The summed E-state index contributed by atoms with van der Waals surface area (Å²) in [5, 5.41) is 11.9. The Labute approximate surface area is 231 Å². The molecule has 0 unspecified atom stereocenters. The summed E-state index contributed by atoms with van der Waals surface area (Å²) < 4.78 is 0.